The van der Waals surface area contributed by atoms with E-state index in [0.717, 1.165) is 24.3 Å². The molecule has 3 unspecified atom stereocenters. The summed E-state index contributed by atoms with van der Waals surface area (Å²) < 4.78 is 5.74. The van der Waals surface area contributed by atoms with Crippen LogP contribution in [0.15, 0.2) is 78.9 Å². The molecule has 3 heterocycles. The lowest BCUT2D eigenvalue weighted by molar-refractivity contribution is -0.141. The van der Waals surface area contributed by atoms with E-state index in [4.69, 9.17) is 4.74 Å². The van der Waals surface area contributed by atoms with Gasteiger partial charge in [-0.15, -0.1) is 0 Å². The number of nitrogens with zero attached hydrogens (tertiary/aromatic N) is 1. The molecule has 216 valence electrons. The van der Waals surface area contributed by atoms with Crippen LogP contribution in [-0.2, 0) is 16.1 Å². The van der Waals surface area contributed by atoms with Gasteiger partial charge in [0.25, 0.3) is 0 Å². The third kappa shape index (κ3) is 6.31. The predicted molar refractivity (Wildman–Crippen MR) is 160 cm³/mol. The number of aliphatic carboxylic acids is 1. The van der Waals surface area contributed by atoms with E-state index in [2.05, 4.69) is 90.0 Å². The molecule has 6 rings (SSSR count). The van der Waals surface area contributed by atoms with Gasteiger partial charge in [0.05, 0.1) is 13.0 Å². The second kappa shape index (κ2) is 12.9. The molecule has 0 spiro atoms. The molecular weight excluding hydrogens is 514 g/mol. The number of carboxylic acids is 1. The third-order valence-electron chi connectivity index (χ3n) is 8.86. The number of carbonyl (C=O) groups excluding carboxylic acids is 1. The molecule has 41 heavy (non-hydrogen) atoms. The number of ether oxygens (including phenoxy) is 1. The van der Waals surface area contributed by atoms with Crippen molar-refractivity contribution in [1.82, 2.24) is 15.5 Å². The average Bonchev–Trinajstić information content (AvgIpc) is 3.00. The lowest BCUT2D eigenvalue weighted by Gasteiger charge is -2.56. The fraction of sp³-hybridized carbons (Fsp3) is 0.412. The van der Waals surface area contributed by atoms with Crippen molar-refractivity contribution in [2.75, 3.05) is 26.7 Å². The minimum Gasteiger partial charge on any atom is -0.496 e. The number of methoxy groups -OCH3 is 1. The van der Waals surface area contributed by atoms with Crippen molar-refractivity contribution in [2.24, 2.45) is 11.8 Å². The van der Waals surface area contributed by atoms with E-state index in [1.54, 1.807) is 7.11 Å². The topological polar surface area (TPSA) is 90.9 Å². The van der Waals surface area contributed by atoms with Crippen molar-refractivity contribution >= 4 is 11.9 Å². The van der Waals surface area contributed by atoms with Crippen LogP contribution in [0.5, 0.6) is 5.75 Å². The highest BCUT2D eigenvalue weighted by atomic mass is 16.5. The van der Waals surface area contributed by atoms with E-state index in [1.807, 2.05) is 18.2 Å². The minimum absolute atomic E-state index is 0.00379. The van der Waals surface area contributed by atoms with Crippen LogP contribution in [0.2, 0.25) is 0 Å². The molecule has 0 aliphatic carbocycles. The number of piperidine rings is 3. The molecule has 0 saturated carbocycles. The zero-order valence-corrected chi connectivity index (χ0v) is 24.1. The molecule has 3 aromatic rings. The predicted octanol–water partition coefficient (Wildman–Crippen LogP) is 4.63. The summed E-state index contributed by atoms with van der Waals surface area (Å²) >= 11 is 0. The molecule has 7 nitrogen and oxygen atoms in total. The van der Waals surface area contributed by atoms with Gasteiger partial charge in [-0.2, -0.15) is 0 Å². The molecule has 3 aromatic carbocycles. The Balaban J connectivity index is 1.53. The summed E-state index contributed by atoms with van der Waals surface area (Å²) in [4.78, 5) is 27.0. The highest BCUT2D eigenvalue weighted by molar-refractivity contribution is 5.83. The Bertz CT molecular complexity index is 1290. The van der Waals surface area contributed by atoms with Gasteiger partial charge in [0.1, 0.15) is 12.3 Å². The highest BCUT2D eigenvalue weighted by Gasteiger charge is 2.52. The van der Waals surface area contributed by atoms with E-state index in [-0.39, 0.29) is 42.3 Å². The molecule has 7 heteroatoms. The summed E-state index contributed by atoms with van der Waals surface area (Å²) in [5.41, 5.74) is 4.84. The molecule has 3 aliphatic heterocycles. The van der Waals surface area contributed by atoms with Gasteiger partial charge in [-0.05, 0) is 47.6 Å². The van der Waals surface area contributed by atoms with Gasteiger partial charge < -0.3 is 20.5 Å². The molecule has 3 fully saturated rings. The van der Waals surface area contributed by atoms with E-state index in [0.29, 0.717) is 19.0 Å². The Kier molecular flexibility index (Phi) is 9.06. The van der Waals surface area contributed by atoms with E-state index in [9.17, 15) is 14.7 Å². The Morgan fingerprint density at radius 3 is 2.22 bits per heavy atom. The molecular formula is C34H41N3O4. The maximum Gasteiger partial charge on any atom is 0.322 e. The Morgan fingerprint density at radius 2 is 1.63 bits per heavy atom. The fourth-order valence-electron chi connectivity index (χ4n) is 6.87. The summed E-state index contributed by atoms with van der Waals surface area (Å²) in [7, 11) is 1.70. The first-order valence-electron chi connectivity index (χ1n) is 14.6. The maximum absolute atomic E-state index is 13.3. The molecule has 5 atom stereocenters. The van der Waals surface area contributed by atoms with Gasteiger partial charge in [0.15, 0.2) is 0 Å². The number of rotatable bonds is 11. The molecule has 0 aromatic heterocycles. The van der Waals surface area contributed by atoms with Crippen molar-refractivity contribution in [2.45, 2.75) is 50.7 Å². The number of hydrogen-bond donors (Lipinski definition) is 3. The van der Waals surface area contributed by atoms with Crippen LogP contribution in [0, 0.1) is 11.8 Å². The Morgan fingerprint density at radius 1 is 0.976 bits per heavy atom. The van der Waals surface area contributed by atoms with Gasteiger partial charge in [0.2, 0.25) is 5.91 Å². The lowest BCUT2D eigenvalue weighted by Crippen LogP contribution is -2.69. The third-order valence-corrected chi connectivity index (χ3v) is 8.86. The quantitative estimate of drug-likeness (QED) is 0.320. The van der Waals surface area contributed by atoms with Gasteiger partial charge in [-0.3, -0.25) is 14.5 Å². The summed E-state index contributed by atoms with van der Waals surface area (Å²) in [5, 5.41) is 15.8. The fourth-order valence-corrected chi connectivity index (χ4v) is 6.87. The number of amides is 1. The monoisotopic (exact) mass is 555 g/mol. The maximum atomic E-state index is 13.3. The first kappa shape index (κ1) is 28.8. The summed E-state index contributed by atoms with van der Waals surface area (Å²) in [5.74, 6) is -0.0870. The van der Waals surface area contributed by atoms with Crippen molar-refractivity contribution in [3.05, 3.63) is 101 Å². The zero-order chi connectivity index (χ0) is 28.9. The Labute approximate surface area is 242 Å². The lowest BCUT2D eigenvalue weighted by atomic mass is 9.66. The smallest absolute Gasteiger partial charge is 0.322 e. The first-order valence-corrected chi connectivity index (χ1v) is 14.6. The normalized spacial score (nSPS) is 23.5. The zero-order valence-electron chi connectivity index (χ0n) is 24.1. The number of benzene rings is 3. The van der Waals surface area contributed by atoms with Crippen LogP contribution in [0.25, 0.3) is 0 Å². The highest BCUT2D eigenvalue weighted by Crippen LogP contribution is 2.44. The standard InChI is InChI=1S/C34H41N3O4/c1-22(2)25-14-15-29(41-3)26(18-25)19-35-32-27-16-17-37(21-28(27)34(40)36-20-30(38)39)33(32)31(23-10-6-4-7-11-23)24-12-8-5-9-13-24/h4-15,18,22,27-28,31-33,35H,16-17,19-21H2,1-3H3,(H,36,40)(H,38,39)/t27?,28?,32-,33-/m0/s1. The van der Waals surface area contributed by atoms with Crippen molar-refractivity contribution in [1.29, 1.82) is 0 Å². The number of carbonyl (C=O) groups is 2. The average molecular weight is 556 g/mol. The molecule has 1 amide bonds. The summed E-state index contributed by atoms with van der Waals surface area (Å²) in [6.07, 6.45) is 0.874. The molecule has 3 aliphatic rings. The molecule has 3 N–H and O–H groups in total. The van der Waals surface area contributed by atoms with Crippen molar-refractivity contribution in [3.63, 3.8) is 0 Å². The van der Waals surface area contributed by atoms with Gasteiger partial charge in [-0.1, -0.05) is 86.6 Å². The Hall–Kier alpha value is -3.68. The van der Waals surface area contributed by atoms with Crippen molar-refractivity contribution < 1.29 is 19.4 Å². The summed E-state index contributed by atoms with van der Waals surface area (Å²) in [6, 6.07) is 27.7. The number of carboxylic acid groups (broad SMARTS) is 1. The molecule has 2 bridgehead atoms. The SMILES string of the molecule is COc1ccc(C(C)C)cc1CN[C@H]1C2CCN(CC2C(=O)NCC(=O)O)[C@H]1C(c1ccccc1)c1ccccc1. The number of fused-ring (bicyclic) bond motifs is 3. The van der Waals surface area contributed by atoms with Crippen LogP contribution in [0.4, 0.5) is 0 Å². The second-order valence-electron chi connectivity index (χ2n) is 11.6. The van der Waals surface area contributed by atoms with Crippen LogP contribution < -0.4 is 15.4 Å². The van der Waals surface area contributed by atoms with Gasteiger partial charge in [0, 0.05) is 36.7 Å². The van der Waals surface area contributed by atoms with E-state index >= 15 is 0 Å². The second-order valence-corrected chi connectivity index (χ2v) is 11.6. The van der Waals surface area contributed by atoms with Crippen LogP contribution in [0.1, 0.15) is 54.4 Å². The summed E-state index contributed by atoms with van der Waals surface area (Å²) in [6.45, 7) is 6.13. The van der Waals surface area contributed by atoms with E-state index in [1.165, 1.54) is 16.7 Å². The molecule has 3 saturated heterocycles. The number of hydrogen-bond acceptors (Lipinski definition) is 5. The van der Waals surface area contributed by atoms with E-state index < -0.39 is 5.97 Å². The molecule has 0 radical (unpaired) electrons. The van der Waals surface area contributed by atoms with Crippen LogP contribution >= 0.6 is 0 Å². The van der Waals surface area contributed by atoms with Gasteiger partial charge in [-0.25, -0.2) is 0 Å². The van der Waals surface area contributed by atoms with Crippen molar-refractivity contribution in [3.8, 4) is 5.75 Å². The minimum atomic E-state index is -1.03. The van der Waals surface area contributed by atoms with Crippen LogP contribution in [0.3, 0.4) is 0 Å². The first-order chi connectivity index (χ1) is 19.9. The van der Waals surface area contributed by atoms with Crippen LogP contribution in [-0.4, -0.2) is 60.7 Å². The van der Waals surface area contributed by atoms with Gasteiger partial charge >= 0.3 is 5.97 Å². The number of nitrogens with one attached hydrogen (secondary N) is 2. The largest absolute Gasteiger partial charge is 0.496 e.